The molecular formula is C20H14N4Sr. The number of nitrogens with zero attached hydrogens (tertiary/aromatic N) is 2. The molecule has 25 heavy (non-hydrogen) atoms. The van der Waals surface area contributed by atoms with Crippen LogP contribution in [0.2, 0.25) is 0 Å². The summed E-state index contributed by atoms with van der Waals surface area (Å²) in [6.45, 7) is 0. The van der Waals surface area contributed by atoms with Gasteiger partial charge in [-0.1, -0.05) is 0 Å². The second kappa shape index (κ2) is 6.77. The minimum Gasteiger partial charge on any atom is -0.355 e. The second-order valence-corrected chi connectivity index (χ2v) is 5.91. The molecule has 0 aliphatic carbocycles. The fourth-order valence-corrected chi connectivity index (χ4v) is 2.94. The number of rotatable bonds is 0. The van der Waals surface area contributed by atoms with Crippen LogP contribution in [0.25, 0.3) is 46.4 Å². The molecule has 0 saturated heterocycles. The van der Waals surface area contributed by atoms with E-state index < -0.39 is 0 Å². The van der Waals surface area contributed by atoms with E-state index >= 15 is 0 Å². The Morgan fingerprint density at radius 1 is 0.480 bits per heavy atom. The van der Waals surface area contributed by atoms with Gasteiger partial charge in [0.1, 0.15) is 0 Å². The van der Waals surface area contributed by atoms with Crippen molar-refractivity contribution in [3.05, 3.63) is 71.3 Å². The molecule has 0 spiro atoms. The molecule has 2 radical (unpaired) electrons. The van der Waals surface area contributed by atoms with Crippen LogP contribution in [0.4, 0.5) is 0 Å². The Morgan fingerprint density at radius 3 is 1.28 bits per heavy atom. The largest absolute Gasteiger partial charge is 0.355 e. The Bertz CT molecular complexity index is 1080. The molecule has 2 N–H and O–H groups in total. The van der Waals surface area contributed by atoms with Crippen LogP contribution in [-0.4, -0.2) is 65.4 Å². The van der Waals surface area contributed by atoms with Crippen molar-refractivity contribution in [3.63, 3.8) is 0 Å². The Kier molecular flexibility index (Phi) is 4.48. The molecule has 8 bridgehead atoms. The van der Waals surface area contributed by atoms with E-state index in [-0.39, 0.29) is 45.5 Å². The molecule has 116 valence electrons. The number of fused-ring (bicyclic) bond motifs is 8. The third-order valence-electron chi connectivity index (χ3n) is 4.04. The zero-order chi connectivity index (χ0) is 15.9. The van der Waals surface area contributed by atoms with Gasteiger partial charge in [-0.05, 0) is 72.8 Å². The van der Waals surface area contributed by atoms with E-state index in [2.05, 4.69) is 50.3 Å². The minimum atomic E-state index is 0. The van der Waals surface area contributed by atoms with Crippen LogP contribution in [0, 0.1) is 0 Å². The SMILES string of the molecule is C1=Cc2cc3ccc(cc4ccc(cc5nc(cc1n2)C=C5)[nH]4)[nH]3.[Sr]. The summed E-state index contributed by atoms with van der Waals surface area (Å²) in [4.78, 5) is 16.0. The Labute approximate surface area is 181 Å². The first-order valence-electron chi connectivity index (χ1n) is 7.85. The van der Waals surface area contributed by atoms with Gasteiger partial charge < -0.3 is 9.97 Å². The van der Waals surface area contributed by atoms with Crippen molar-refractivity contribution >= 4 is 91.9 Å². The summed E-state index contributed by atoms with van der Waals surface area (Å²) in [6.07, 6.45) is 8.05. The Hall–Kier alpha value is -1.92. The van der Waals surface area contributed by atoms with Crippen LogP contribution in [0.3, 0.4) is 0 Å². The van der Waals surface area contributed by atoms with E-state index in [9.17, 15) is 0 Å². The first-order chi connectivity index (χ1) is 11.8. The number of H-pyrrole nitrogens is 2. The summed E-state index contributed by atoms with van der Waals surface area (Å²) in [5.41, 5.74) is 7.86. The summed E-state index contributed by atoms with van der Waals surface area (Å²) < 4.78 is 0. The maximum atomic E-state index is 4.62. The summed E-state index contributed by atoms with van der Waals surface area (Å²) >= 11 is 0. The van der Waals surface area contributed by atoms with Crippen LogP contribution in [0.15, 0.2) is 48.5 Å². The maximum Gasteiger partial charge on any atom is 0.0659 e. The molecular weight excluding hydrogens is 384 g/mol. The average Bonchev–Trinajstić information content (AvgIpc) is 3.32. The quantitative estimate of drug-likeness (QED) is 0.383. The van der Waals surface area contributed by atoms with Crippen molar-refractivity contribution in [1.82, 2.24) is 19.9 Å². The van der Waals surface area contributed by atoms with Crippen LogP contribution < -0.4 is 0 Å². The van der Waals surface area contributed by atoms with Gasteiger partial charge in [0, 0.05) is 67.5 Å². The fraction of sp³-hybridized carbons (Fsp3) is 0. The maximum absolute atomic E-state index is 4.62. The molecule has 0 aromatic carbocycles. The normalized spacial score (nSPS) is 12.2. The second-order valence-electron chi connectivity index (χ2n) is 5.91. The van der Waals surface area contributed by atoms with Gasteiger partial charge in [0.25, 0.3) is 0 Å². The molecule has 0 fully saturated rings. The van der Waals surface area contributed by atoms with E-state index in [4.69, 9.17) is 0 Å². The van der Waals surface area contributed by atoms with E-state index in [1.54, 1.807) is 0 Å². The standard InChI is InChI=1S/C20H14N4.Sr/c1-2-14-10-16-5-6-18(23-16)12-20-8-7-19(24-20)11-17-4-3-15(22-17)9-13(1)21-14;/h1-12,21-22H;. The monoisotopic (exact) mass is 398 g/mol. The first kappa shape index (κ1) is 16.5. The van der Waals surface area contributed by atoms with Gasteiger partial charge in [-0.2, -0.15) is 0 Å². The molecule has 5 heterocycles. The van der Waals surface area contributed by atoms with Gasteiger partial charge in [-0.15, -0.1) is 0 Å². The minimum absolute atomic E-state index is 0. The van der Waals surface area contributed by atoms with Crippen LogP contribution in [0.1, 0.15) is 22.8 Å². The van der Waals surface area contributed by atoms with Crippen molar-refractivity contribution in [2.75, 3.05) is 0 Å². The molecule has 4 nitrogen and oxygen atoms in total. The molecule has 0 saturated carbocycles. The predicted molar refractivity (Wildman–Crippen MR) is 105 cm³/mol. The van der Waals surface area contributed by atoms with Crippen LogP contribution in [-0.2, 0) is 0 Å². The predicted octanol–water partition coefficient (Wildman–Crippen LogP) is 4.27. The first-order valence-corrected chi connectivity index (χ1v) is 7.85. The number of hydrogen-bond acceptors (Lipinski definition) is 2. The van der Waals surface area contributed by atoms with E-state index in [0.717, 1.165) is 44.8 Å². The Balaban J connectivity index is 0.00000157. The zero-order valence-corrected chi connectivity index (χ0v) is 17.0. The molecule has 2 aliphatic rings. The molecule has 5 rings (SSSR count). The summed E-state index contributed by atoms with van der Waals surface area (Å²) in [6, 6.07) is 16.4. The van der Waals surface area contributed by atoms with Crippen molar-refractivity contribution in [2.45, 2.75) is 0 Å². The summed E-state index contributed by atoms with van der Waals surface area (Å²) in [7, 11) is 0. The molecule has 2 aliphatic heterocycles. The number of aromatic nitrogens is 4. The van der Waals surface area contributed by atoms with Crippen LogP contribution in [0.5, 0.6) is 0 Å². The van der Waals surface area contributed by atoms with E-state index in [1.165, 1.54) is 0 Å². The molecule has 3 aromatic rings. The molecule has 5 heteroatoms. The molecule has 0 atom stereocenters. The zero-order valence-electron chi connectivity index (χ0n) is 13.5. The van der Waals surface area contributed by atoms with Gasteiger partial charge in [0.15, 0.2) is 0 Å². The number of aromatic amines is 2. The summed E-state index contributed by atoms with van der Waals surface area (Å²) in [5.74, 6) is 0. The third-order valence-corrected chi connectivity index (χ3v) is 4.04. The van der Waals surface area contributed by atoms with Crippen molar-refractivity contribution < 1.29 is 0 Å². The van der Waals surface area contributed by atoms with Crippen LogP contribution >= 0.6 is 0 Å². The van der Waals surface area contributed by atoms with Gasteiger partial charge in [0.05, 0.1) is 22.8 Å². The average molecular weight is 398 g/mol. The van der Waals surface area contributed by atoms with Crippen molar-refractivity contribution in [3.8, 4) is 0 Å². The van der Waals surface area contributed by atoms with Crippen molar-refractivity contribution in [2.24, 2.45) is 0 Å². The molecule has 3 aromatic heterocycles. The smallest absolute Gasteiger partial charge is 0.0659 e. The van der Waals surface area contributed by atoms with Gasteiger partial charge in [-0.25, -0.2) is 9.97 Å². The van der Waals surface area contributed by atoms with E-state index in [0.29, 0.717) is 0 Å². The van der Waals surface area contributed by atoms with E-state index in [1.807, 2.05) is 42.5 Å². The summed E-state index contributed by atoms with van der Waals surface area (Å²) in [5, 5.41) is 0. The topological polar surface area (TPSA) is 57.4 Å². The van der Waals surface area contributed by atoms with Crippen molar-refractivity contribution in [1.29, 1.82) is 0 Å². The van der Waals surface area contributed by atoms with Gasteiger partial charge >= 0.3 is 0 Å². The van der Waals surface area contributed by atoms with Gasteiger partial charge in [0.2, 0.25) is 0 Å². The number of nitrogens with one attached hydrogen (secondary N) is 2. The fourth-order valence-electron chi connectivity index (χ4n) is 2.94. The van der Waals surface area contributed by atoms with Gasteiger partial charge in [-0.3, -0.25) is 0 Å². The molecule has 0 unspecified atom stereocenters. The number of hydrogen-bond donors (Lipinski definition) is 2. The Morgan fingerprint density at radius 2 is 0.840 bits per heavy atom. The molecule has 0 amide bonds. The third kappa shape index (κ3) is 3.55.